The number of amides is 1. The van der Waals surface area contributed by atoms with Crippen LogP contribution in [-0.2, 0) is 4.74 Å². The third-order valence-electron chi connectivity index (χ3n) is 4.50. The van der Waals surface area contributed by atoms with E-state index in [1.165, 1.54) is 0 Å². The van der Waals surface area contributed by atoms with Crippen LogP contribution in [0.15, 0.2) is 24.3 Å². The molecule has 1 amide bonds. The quantitative estimate of drug-likeness (QED) is 0.881. The number of nitrogens with zero attached hydrogens (tertiary/aromatic N) is 3. The van der Waals surface area contributed by atoms with Crippen molar-refractivity contribution in [2.75, 3.05) is 25.4 Å². The van der Waals surface area contributed by atoms with Crippen LogP contribution in [0.4, 0.5) is 10.6 Å². The number of para-hydroxylation sites is 2. The minimum Gasteiger partial charge on any atom is -0.475 e. The zero-order valence-electron chi connectivity index (χ0n) is 16.3. The Morgan fingerprint density at radius 1 is 1.26 bits per heavy atom. The van der Waals surface area contributed by atoms with E-state index in [0.29, 0.717) is 30.8 Å². The fraction of sp³-hybridized carbons (Fsp3) is 0.550. The number of carbonyl (C=O) groups is 1. The number of anilines is 1. The second-order valence-electron chi connectivity index (χ2n) is 7.97. The van der Waals surface area contributed by atoms with Crippen molar-refractivity contribution in [1.29, 1.82) is 0 Å². The molecule has 27 heavy (non-hydrogen) atoms. The summed E-state index contributed by atoms with van der Waals surface area (Å²) in [4.78, 5) is 22.8. The van der Waals surface area contributed by atoms with E-state index >= 15 is 0 Å². The van der Waals surface area contributed by atoms with E-state index in [4.69, 9.17) is 15.2 Å². The Bertz CT molecular complexity index is 803. The van der Waals surface area contributed by atoms with E-state index in [1.807, 2.05) is 45.0 Å². The van der Waals surface area contributed by atoms with Gasteiger partial charge in [0.05, 0.1) is 17.6 Å². The van der Waals surface area contributed by atoms with Gasteiger partial charge < -0.3 is 20.1 Å². The lowest BCUT2D eigenvalue weighted by molar-refractivity contribution is 0.0154. The first kappa shape index (κ1) is 19.2. The molecule has 1 aliphatic heterocycles. The number of fused-ring (bicyclic) bond motifs is 1. The number of aromatic nitrogens is 2. The monoisotopic (exact) mass is 372 g/mol. The minimum absolute atomic E-state index is 0.238. The summed E-state index contributed by atoms with van der Waals surface area (Å²) in [5.41, 5.74) is 7.00. The van der Waals surface area contributed by atoms with Crippen molar-refractivity contribution in [2.24, 2.45) is 5.92 Å². The van der Waals surface area contributed by atoms with Gasteiger partial charge in [0, 0.05) is 13.1 Å². The number of benzene rings is 1. The van der Waals surface area contributed by atoms with Crippen LogP contribution in [0, 0.1) is 5.92 Å². The summed E-state index contributed by atoms with van der Waals surface area (Å²) in [5, 5.41) is 0. The van der Waals surface area contributed by atoms with Crippen molar-refractivity contribution in [3.63, 3.8) is 0 Å². The molecule has 0 aliphatic carbocycles. The molecular weight excluding hydrogens is 344 g/mol. The van der Waals surface area contributed by atoms with Crippen molar-refractivity contribution in [1.82, 2.24) is 14.9 Å². The molecule has 0 radical (unpaired) electrons. The van der Waals surface area contributed by atoms with Crippen LogP contribution >= 0.6 is 0 Å². The number of piperidine rings is 1. The van der Waals surface area contributed by atoms with E-state index in [-0.39, 0.29) is 6.09 Å². The SMILES string of the molecule is CC(C)(C)OC(=O)N1CCC[C@@H](CCOc2nc3ccccc3nc2N)C1. The molecule has 1 atom stereocenters. The number of rotatable bonds is 4. The molecule has 1 aromatic carbocycles. The largest absolute Gasteiger partial charge is 0.475 e. The second-order valence-corrected chi connectivity index (χ2v) is 7.97. The highest BCUT2D eigenvalue weighted by atomic mass is 16.6. The van der Waals surface area contributed by atoms with Crippen LogP contribution in [-0.4, -0.2) is 46.3 Å². The number of ether oxygens (including phenoxy) is 2. The first-order chi connectivity index (χ1) is 12.8. The molecule has 2 aromatic rings. The van der Waals surface area contributed by atoms with Gasteiger partial charge in [0.15, 0.2) is 5.82 Å². The molecule has 1 aromatic heterocycles. The third kappa shape index (κ3) is 5.21. The molecule has 1 fully saturated rings. The van der Waals surface area contributed by atoms with Crippen molar-refractivity contribution in [3.8, 4) is 5.88 Å². The summed E-state index contributed by atoms with van der Waals surface area (Å²) in [5.74, 6) is 1.04. The Balaban J connectivity index is 1.53. The standard InChI is InChI=1S/C20H28N4O3/c1-20(2,3)27-19(25)24-11-6-7-14(13-24)10-12-26-18-17(21)22-15-8-4-5-9-16(15)23-18/h4-5,8-9,14H,6-7,10-13H2,1-3H3,(H2,21,22)/t14-/m0/s1. The van der Waals surface area contributed by atoms with Crippen molar-refractivity contribution < 1.29 is 14.3 Å². The van der Waals surface area contributed by atoms with Crippen LogP contribution in [0.25, 0.3) is 11.0 Å². The lowest BCUT2D eigenvalue weighted by Crippen LogP contribution is -2.43. The van der Waals surface area contributed by atoms with Crippen LogP contribution in [0.2, 0.25) is 0 Å². The van der Waals surface area contributed by atoms with Crippen LogP contribution in [0.5, 0.6) is 5.88 Å². The van der Waals surface area contributed by atoms with Crippen LogP contribution in [0.3, 0.4) is 0 Å². The van der Waals surface area contributed by atoms with Gasteiger partial charge >= 0.3 is 6.09 Å². The molecule has 1 saturated heterocycles. The number of nitrogen functional groups attached to an aromatic ring is 1. The molecule has 0 unspecified atom stereocenters. The Kier molecular flexibility index (Phi) is 5.68. The number of hydrogen-bond acceptors (Lipinski definition) is 6. The van der Waals surface area contributed by atoms with E-state index < -0.39 is 5.60 Å². The van der Waals surface area contributed by atoms with E-state index in [0.717, 1.165) is 36.8 Å². The Morgan fingerprint density at radius 3 is 2.67 bits per heavy atom. The lowest BCUT2D eigenvalue weighted by atomic mass is 9.95. The maximum atomic E-state index is 12.3. The van der Waals surface area contributed by atoms with Gasteiger partial charge in [-0.05, 0) is 58.1 Å². The highest BCUT2D eigenvalue weighted by molar-refractivity contribution is 5.76. The van der Waals surface area contributed by atoms with Crippen molar-refractivity contribution in [3.05, 3.63) is 24.3 Å². The fourth-order valence-corrected chi connectivity index (χ4v) is 3.22. The predicted molar refractivity (Wildman–Crippen MR) is 105 cm³/mol. The maximum Gasteiger partial charge on any atom is 0.410 e. The summed E-state index contributed by atoms with van der Waals surface area (Å²) in [6.45, 7) is 7.58. The minimum atomic E-state index is -0.473. The molecule has 0 saturated carbocycles. The Hall–Kier alpha value is -2.57. The summed E-state index contributed by atoms with van der Waals surface area (Å²) in [6.07, 6.45) is 2.63. The Morgan fingerprint density at radius 2 is 1.96 bits per heavy atom. The molecule has 2 N–H and O–H groups in total. The molecule has 0 spiro atoms. The van der Waals surface area contributed by atoms with Gasteiger partial charge in [-0.25, -0.2) is 14.8 Å². The molecule has 2 heterocycles. The molecule has 7 heteroatoms. The highest BCUT2D eigenvalue weighted by Gasteiger charge is 2.27. The lowest BCUT2D eigenvalue weighted by Gasteiger charge is -2.34. The first-order valence-corrected chi connectivity index (χ1v) is 9.45. The predicted octanol–water partition coefficient (Wildman–Crippen LogP) is 3.63. The average Bonchev–Trinajstić information content (AvgIpc) is 2.61. The summed E-state index contributed by atoms with van der Waals surface area (Å²) >= 11 is 0. The molecular formula is C20H28N4O3. The number of nitrogens with two attached hydrogens (primary N) is 1. The molecule has 1 aliphatic rings. The highest BCUT2D eigenvalue weighted by Crippen LogP contribution is 2.24. The van der Waals surface area contributed by atoms with Gasteiger partial charge in [0.2, 0.25) is 0 Å². The number of hydrogen-bond donors (Lipinski definition) is 1. The topological polar surface area (TPSA) is 90.6 Å². The normalized spacial score (nSPS) is 17.7. The zero-order chi connectivity index (χ0) is 19.4. The number of carbonyl (C=O) groups excluding carboxylic acids is 1. The fourth-order valence-electron chi connectivity index (χ4n) is 3.22. The van der Waals surface area contributed by atoms with Crippen LogP contribution < -0.4 is 10.5 Å². The average molecular weight is 372 g/mol. The molecule has 146 valence electrons. The van der Waals surface area contributed by atoms with Gasteiger partial charge in [-0.1, -0.05) is 12.1 Å². The van der Waals surface area contributed by atoms with Crippen molar-refractivity contribution >= 4 is 22.9 Å². The molecule has 3 rings (SSSR count). The van der Waals surface area contributed by atoms with E-state index in [2.05, 4.69) is 9.97 Å². The summed E-state index contributed by atoms with van der Waals surface area (Å²) < 4.78 is 11.3. The zero-order valence-corrected chi connectivity index (χ0v) is 16.3. The molecule has 7 nitrogen and oxygen atoms in total. The molecule has 0 bridgehead atoms. The smallest absolute Gasteiger partial charge is 0.410 e. The van der Waals surface area contributed by atoms with Crippen molar-refractivity contribution in [2.45, 2.75) is 45.6 Å². The summed E-state index contributed by atoms with van der Waals surface area (Å²) in [7, 11) is 0. The van der Waals surface area contributed by atoms with Gasteiger partial charge in [-0.2, -0.15) is 0 Å². The van der Waals surface area contributed by atoms with Gasteiger partial charge in [-0.15, -0.1) is 0 Å². The second kappa shape index (κ2) is 7.98. The first-order valence-electron chi connectivity index (χ1n) is 9.45. The summed E-state index contributed by atoms with van der Waals surface area (Å²) in [6, 6.07) is 7.56. The van der Waals surface area contributed by atoms with Gasteiger partial charge in [0.1, 0.15) is 5.60 Å². The van der Waals surface area contributed by atoms with Crippen LogP contribution in [0.1, 0.15) is 40.0 Å². The number of likely N-dealkylation sites (tertiary alicyclic amines) is 1. The van der Waals surface area contributed by atoms with E-state index in [1.54, 1.807) is 4.90 Å². The third-order valence-corrected chi connectivity index (χ3v) is 4.50. The Labute approximate surface area is 159 Å². The maximum absolute atomic E-state index is 12.3. The van der Waals surface area contributed by atoms with Gasteiger partial charge in [0.25, 0.3) is 5.88 Å². The van der Waals surface area contributed by atoms with E-state index in [9.17, 15) is 4.79 Å². The van der Waals surface area contributed by atoms with Gasteiger partial charge in [-0.3, -0.25) is 0 Å².